The molecule has 4 heteroatoms. The van der Waals surface area contributed by atoms with Gasteiger partial charge < -0.3 is 4.74 Å². The van der Waals surface area contributed by atoms with Gasteiger partial charge in [0.15, 0.2) is 5.78 Å². The number of aromatic nitrogens is 1. The Morgan fingerprint density at radius 1 is 1.53 bits per heavy atom. The number of Topliss-reactive ketones (excluding diaryl/α,β-unsaturated/α-hetero) is 1. The molecule has 96 valence electrons. The molecule has 1 aromatic heterocycles. The van der Waals surface area contributed by atoms with Gasteiger partial charge in [-0.1, -0.05) is 20.8 Å². The van der Waals surface area contributed by atoms with E-state index in [1.165, 1.54) is 0 Å². The van der Waals surface area contributed by atoms with Crippen LogP contribution in [0.3, 0.4) is 0 Å². The van der Waals surface area contributed by atoms with Crippen LogP contribution in [-0.2, 0) is 21.4 Å². The van der Waals surface area contributed by atoms with E-state index in [2.05, 4.69) is 25.8 Å². The highest BCUT2D eigenvalue weighted by molar-refractivity contribution is 7.09. The molecule has 0 amide bonds. The third kappa shape index (κ3) is 4.21. The minimum absolute atomic E-state index is 0.0450. The number of hydrogen-bond acceptors (Lipinski definition) is 4. The molecule has 0 radical (unpaired) electrons. The third-order valence-corrected chi connectivity index (χ3v) is 3.36. The minimum atomic E-state index is -0.331. The summed E-state index contributed by atoms with van der Waals surface area (Å²) >= 11 is 1.55. The number of ketones is 1. The van der Waals surface area contributed by atoms with E-state index in [0.29, 0.717) is 13.0 Å². The summed E-state index contributed by atoms with van der Waals surface area (Å²) < 4.78 is 5.28. The van der Waals surface area contributed by atoms with Crippen molar-refractivity contribution in [1.82, 2.24) is 4.98 Å². The van der Waals surface area contributed by atoms with Crippen molar-refractivity contribution in [2.45, 2.75) is 52.6 Å². The number of hydrogen-bond donors (Lipinski definition) is 0. The lowest BCUT2D eigenvalue weighted by atomic mass is 9.93. The van der Waals surface area contributed by atoms with E-state index in [1.54, 1.807) is 18.3 Å². The Labute approximate surface area is 107 Å². The van der Waals surface area contributed by atoms with Gasteiger partial charge in [0.1, 0.15) is 11.1 Å². The molecule has 1 aromatic rings. The van der Waals surface area contributed by atoms with Crippen LogP contribution in [0.15, 0.2) is 5.38 Å². The van der Waals surface area contributed by atoms with Crippen molar-refractivity contribution in [3.05, 3.63) is 16.1 Å². The van der Waals surface area contributed by atoms with E-state index < -0.39 is 0 Å². The van der Waals surface area contributed by atoms with Gasteiger partial charge in [0.2, 0.25) is 0 Å². The second-order valence-electron chi connectivity index (χ2n) is 5.12. The summed E-state index contributed by atoms with van der Waals surface area (Å²) in [6.45, 7) is 10.6. The largest absolute Gasteiger partial charge is 0.371 e. The Morgan fingerprint density at radius 2 is 2.18 bits per heavy atom. The maximum atomic E-state index is 11.8. The van der Waals surface area contributed by atoms with Crippen LogP contribution in [0.25, 0.3) is 0 Å². The van der Waals surface area contributed by atoms with Gasteiger partial charge in [-0.25, -0.2) is 4.98 Å². The van der Waals surface area contributed by atoms with Gasteiger partial charge in [-0.05, 0) is 13.8 Å². The average Bonchev–Trinajstić information content (AvgIpc) is 2.66. The molecule has 1 heterocycles. The fourth-order valence-corrected chi connectivity index (χ4v) is 2.40. The Bertz CT molecular complexity index is 379. The molecule has 0 saturated carbocycles. The Balaban J connectivity index is 2.64. The predicted octanol–water partition coefficient (Wildman–Crippen LogP) is 2.98. The molecule has 0 spiro atoms. The van der Waals surface area contributed by atoms with Crippen molar-refractivity contribution in [3.8, 4) is 0 Å². The fraction of sp³-hybridized carbons (Fsp3) is 0.692. The van der Waals surface area contributed by atoms with Crippen molar-refractivity contribution in [2.24, 2.45) is 0 Å². The van der Waals surface area contributed by atoms with Crippen LogP contribution in [0.4, 0.5) is 0 Å². The van der Waals surface area contributed by atoms with Crippen LogP contribution in [-0.4, -0.2) is 23.5 Å². The first-order valence-electron chi connectivity index (χ1n) is 5.93. The van der Waals surface area contributed by atoms with Gasteiger partial charge in [-0.15, -0.1) is 11.3 Å². The first kappa shape index (κ1) is 14.3. The summed E-state index contributed by atoms with van der Waals surface area (Å²) in [5, 5.41) is 2.92. The number of nitrogens with zero attached hydrogens (tertiary/aromatic N) is 1. The SMILES string of the molecule is CCOC(C)C(=O)Cc1nc(C(C)(C)C)cs1. The molecule has 0 saturated heterocycles. The van der Waals surface area contributed by atoms with Crippen molar-refractivity contribution < 1.29 is 9.53 Å². The normalized spacial score (nSPS) is 13.7. The quantitative estimate of drug-likeness (QED) is 0.812. The van der Waals surface area contributed by atoms with Crippen LogP contribution < -0.4 is 0 Å². The highest BCUT2D eigenvalue weighted by Gasteiger charge is 2.20. The molecule has 0 fully saturated rings. The van der Waals surface area contributed by atoms with Crippen LogP contribution in [0.1, 0.15) is 45.3 Å². The van der Waals surface area contributed by atoms with E-state index in [9.17, 15) is 4.79 Å². The topological polar surface area (TPSA) is 39.2 Å². The van der Waals surface area contributed by atoms with Gasteiger partial charge >= 0.3 is 0 Å². The number of ether oxygens (including phenoxy) is 1. The highest BCUT2D eigenvalue weighted by atomic mass is 32.1. The van der Waals surface area contributed by atoms with E-state index in [4.69, 9.17) is 4.74 Å². The van der Waals surface area contributed by atoms with Crippen molar-refractivity contribution in [2.75, 3.05) is 6.61 Å². The smallest absolute Gasteiger partial charge is 0.168 e. The summed E-state index contributed by atoms with van der Waals surface area (Å²) in [4.78, 5) is 16.3. The molecule has 17 heavy (non-hydrogen) atoms. The minimum Gasteiger partial charge on any atom is -0.371 e. The molecule has 0 aliphatic rings. The lowest BCUT2D eigenvalue weighted by molar-refractivity contribution is -0.128. The second-order valence-corrected chi connectivity index (χ2v) is 6.06. The van der Waals surface area contributed by atoms with Crippen molar-refractivity contribution >= 4 is 17.1 Å². The molecule has 3 nitrogen and oxygen atoms in total. The molecular weight excluding hydrogens is 234 g/mol. The lowest BCUT2D eigenvalue weighted by Gasteiger charge is -2.14. The molecule has 1 rings (SSSR count). The third-order valence-electron chi connectivity index (χ3n) is 2.52. The summed E-state index contributed by atoms with van der Waals surface area (Å²) in [6, 6.07) is 0. The average molecular weight is 255 g/mol. The Morgan fingerprint density at radius 3 is 2.65 bits per heavy atom. The molecule has 0 aliphatic heterocycles. The van der Waals surface area contributed by atoms with Gasteiger partial charge in [0.25, 0.3) is 0 Å². The highest BCUT2D eigenvalue weighted by Crippen LogP contribution is 2.24. The molecule has 0 aliphatic carbocycles. The zero-order valence-corrected chi connectivity index (χ0v) is 12.1. The molecule has 0 bridgehead atoms. The van der Waals surface area contributed by atoms with Crippen molar-refractivity contribution in [1.29, 1.82) is 0 Å². The molecule has 1 atom stereocenters. The maximum Gasteiger partial charge on any atom is 0.168 e. The molecule has 1 unspecified atom stereocenters. The van der Waals surface area contributed by atoms with Gasteiger partial charge in [0.05, 0.1) is 12.1 Å². The summed E-state index contributed by atoms with van der Waals surface area (Å²) in [5.74, 6) is 0.0988. The van der Waals surface area contributed by atoms with Crippen molar-refractivity contribution in [3.63, 3.8) is 0 Å². The Hall–Kier alpha value is -0.740. The number of thiazole rings is 1. The first-order valence-corrected chi connectivity index (χ1v) is 6.81. The monoisotopic (exact) mass is 255 g/mol. The standard InChI is InChI=1S/C13H21NO2S/c1-6-16-9(2)10(15)7-12-14-11(8-17-12)13(3,4)5/h8-9H,6-7H2,1-5H3. The van der Waals surface area contributed by atoms with Crippen LogP contribution in [0.2, 0.25) is 0 Å². The molecular formula is C13H21NO2S. The van der Waals surface area contributed by atoms with E-state index in [-0.39, 0.29) is 17.3 Å². The summed E-state index contributed by atoms with van der Waals surface area (Å²) in [5.41, 5.74) is 1.10. The van der Waals surface area contributed by atoms with Crippen LogP contribution in [0, 0.1) is 0 Å². The number of carbonyl (C=O) groups excluding carboxylic acids is 1. The molecule has 0 aromatic carbocycles. The summed E-state index contributed by atoms with van der Waals surface area (Å²) in [7, 11) is 0. The van der Waals surface area contributed by atoms with E-state index in [1.807, 2.05) is 12.3 Å². The summed E-state index contributed by atoms with van der Waals surface area (Å²) in [6.07, 6.45) is 0.0454. The van der Waals surface area contributed by atoms with Gasteiger partial charge in [-0.2, -0.15) is 0 Å². The fourth-order valence-electron chi connectivity index (χ4n) is 1.37. The molecule has 0 N–H and O–H groups in total. The second kappa shape index (κ2) is 5.74. The lowest BCUT2D eigenvalue weighted by Crippen LogP contribution is -2.22. The van der Waals surface area contributed by atoms with Gasteiger partial charge in [0, 0.05) is 17.4 Å². The van der Waals surface area contributed by atoms with Crippen LogP contribution >= 0.6 is 11.3 Å². The van der Waals surface area contributed by atoms with Gasteiger partial charge in [-0.3, -0.25) is 4.79 Å². The zero-order valence-electron chi connectivity index (χ0n) is 11.2. The number of carbonyl (C=O) groups is 1. The maximum absolute atomic E-state index is 11.8. The van der Waals surface area contributed by atoms with E-state index >= 15 is 0 Å². The first-order chi connectivity index (χ1) is 7.84. The van der Waals surface area contributed by atoms with E-state index in [0.717, 1.165) is 10.7 Å². The Kier molecular flexibility index (Phi) is 4.83. The van der Waals surface area contributed by atoms with Crippen LogP contribution in [0.5, 0.6) is 0 Å². The number of rotatable bonds is 5. The zero-order chi connectivity index (χ0) is 13.1. The predicted molar refractivity (Wildman–Crippen MR) is 70.6 cm³/mol.